The third-order valence-corrected chi connectivity index (χ3v) is 2.46. The average Bonchev–Trinajstić information content (AvgIpc) is 2.67. The molecule has 0 radical (unpaired) electrons. The van der Waals surface area contributed by atoms with Crippen LogP contribution in [0.1, 0.15) is 18.9 Å². The predicted molar refractivity (Wildman–Crippen MR) is 50.9 cm³/mol. The lowest BCUT2D eigenvalue weighted by atomic mass is 10.1. The molecule has 0 aliphatic carbocycles. The Kier molecular flexibility index (Phi) is 2.49. The molecule has 1 aliphatic rings. The van der Waals surface area contributed by atoms with E-state index < -0.39 is 0 Å². The van der Waals surface area contributed by atoms with Gasteiger partial charge in [0.05, 0.1) is 17.9 Å². The molecule has 0 saturated carbocycles. The largest absolute Gasteiger partial charge is 0.386 e. The highest BCUT2D eigenvalue weighted by molar-refractivity contribution is 5.36. The summed E-state index contributed by atoms with van der Waals surface area (Å²) in [7, 11) is 1.91. The van der Waals surface area contributed by atoms with Crippen LogP contribution in [0.5, 0.6) is 0 Å². The van der Waals surface area contributed by atoms with E-state index in [4.69, 9.17) is 4.74 Å². The van der Waals surface area contributed by atoms with Crippen molar-refractivity contribution >= 4 is 5.69 Å². The lowest BCUT2D eigenvalue weighted by molar-refractivity contribution is 0.0662. The fourth-order valence-electron chi connectivity index (χ4n) is 1.62. The third kappa shape index (κ3) is 1.83. The molecule has 2 rings (SSSR count). The normalized spacial score (nSPS) is 18.8. The first-order valence-electron chi connectivity index (χ1n) is 4.70. The van der Waals surface area contributed by atoms with Crippen LogP contribution in [-0.4, -0.2) is 30.0 Å². The summed E-state index contributed by atoms with van der Waals surface area (Å²) in [6.45, 7) is 1.72. The average molecular weight is 181 g/mol. The van der Waals surface area contributed by atoms with Crippen LogP contribution in [0.2, 0.25) is 0 Å². The Morgan fingerprint density at radius 1 is 1.54 bits per heavy atom. The fourth-order valence-corrected chi connectivity index (χ4v) is 1.62. The van der Waals surface area contributed by atoms with E-state index in [1.807, 2.05) is 17.9 Å². The minimum atomic E-state index is 0.524. The zero-order valence-corrected chi connectivity index (χ0v) is 7.86. The van der Waals surface area contributed by atoms with E-state index in [1.54, 1.807) is 0 Å². The van der Waals surface area contributed by atoms with Gasteiger partial charge in [-0.1, -0.05) is 0 Å². The van der Waals surface area contributed by atoms with Gasteiger partial charge >= 0.3 is 0 Å². The highest BCUT2D eigenvalue weighted by atomic mass is 16.5. The first-order chi connectivity index (χ1) is 6.40. The van der Waals surface area contributed by atoms with E-state index in [-0.39, 0.29) is 0 Å². The Morgan fingerprint density at radius 3 is 2.92 bits per heavy atom. The molecule has 1 N–H and O–H groups in total. The van der Waals surface area contributed by atoms with E-state index in [0.717, 1.165) is 31.7 Å². The molecule has 13 heavy (non-hydrogen) atoms. The van der Waals surface area contributed by atoms with Gasteiger partial charge in [0.2, 0.25) is 0 Å². The maximum atomic E-state index is 5.30. The molecular formula is C9H15N3O. The van der Waals surface area contributed by atoms with Gasteiger partial charge in [0.15, 0.2) is 0 Å². The van der Waals surface area contributed by atoms with Gasteiger partial charge in [-0.15, -0.1) is 0 Å². The molecule has 0 spiro atoms. The van der Waals surface area contributed by atoms with Gasteiger partial charge < -0.3 is 10.1 Å². The molecule has 1 saturated heterocycles. The highest BCUT2D eigenvalue weighted by Gasteiger charge is 2.15. The number of nitrogens with one attached hydrogen (secondary N) is 1. The van der Waals surface area contributed by atoms with Crippen molar-refractivity contribution in [3.63, 3.8) is 0 Å². The minimum absolute atomic E-state index is 0.524. The summed E-state index contributed by atoms with van der Waals surface area (Å²) >= 11 is 0. The standard InChI is InChI=1S/C9H15N3O/c1-10-8-6-11-12(7-8)9-2-4-13-5-3-9/h6-7,9-10H,2-5H2,1H3. The smallest absolute Gasteiger partial charge is 0.0724 e. The maximum absolute atomic E-state index is 5.30. The number of ether oxygens (including phenoxy) is 1. The molecule has 0 amide bonds. The van der Waals surface area contributed by atoms with Gasteiger partial charge in [0.25, 0.3) is 0 Å². The molecule has 4 heteroatoms. The molecule has 1 aliphatic heterocycles. The number of aromatic nitrogens is 2. The summed E-state index contributed by atoms with van der Waals surface area (Å²) in [6.07, 6.45) is 6.06. The topological polar surface area (TPSA) is 39.1 Å². The summed E-state index contributed by atoms with van der Waals surface area (Å²) in [5.74, 6) is 0. The predicted octanol–water partition coefficient (Wildman–Crippen LogP) is 1.28. The summed E-state index contributed by atoms with van der Waals surface area (Å²) in [5, 5.41) is 7.38. The quantitative estimate of drug-likeness (QED) is 0.747. The van der Waals surface area contributed by atoms with Gasteiger partial charge in [-0.3, -0.25) is 4.68 Å². The molecule has 0 unspecified atom stereocenters. The van der Waals surface area contributed by atoms with Crippen LogP contribution < -0.4 is 5.32 Å². The number of anilines is 1. The Bertz CT molecular complexity index is 266. The molecule has 0 bridgehead atoms. The Labute approximate surface area is 77.9 Å². The van der Waals surface area contributed by atoms with Gasteiger partial charge in [-0.2, -0.15) is 5.10 Å². The van der Waals surface area contributed by atoms with Crippen molar-refractivity contribution in [2.24, 2.45) is 0 Å². The zero-order chi connectivity index (χ0) is 9.10. The third-order valence-electron chi connectivity index (χ3n) is 2.46. The number of hydrogen-bond acceptors (Lipinski definition) is 3. The van der Waals surface area contributed by atoms with Crippen molar-refractivity contribution in [3.05, 3.63) is 12.4 Å². The molecule has 0 aromatic carbocycles. The molecule has 4 nitrogen and oxygen atoms in total. The van der Waals surface area contributed by atoms with Crippen LogP contribution >= 0.6 is 0 Å². The number of hydrogen-bond donors (Lipinski definition) is 1. The summed E-state index contributed by atoms with van der Waals surface area (Å²) < 4.78 is 7.33. The molecule has 1 aromatic heterocycles. The molecule has 72 valence electrons. The number of nitrogens with zero attached hydrogens (tertiary/aromatic N) is 2. The minimum Gasteiger partial charge on any atom is -0.386 e. The van der Waals surface area contributed by atoms with Crippen molar-refractivity contribution in [2.45, 2.75) is 18.9 Å². The van der Waals surface area contributed by atoms with Crippen LogP contribution in [0.3, 0.4) is 0 Å². The zero-order valence-electron chi connectivity index (χ0n) is 7.86. The molecule has 2 heterocycles. The Hall–Kier alpha value is -1.03. The van der Waals surface area contributed by atoms with Gasteiger partial charge in [-0.05, 0) is 12.8 Å². The van der Waals surface area contributed by atoms with Crippen LogP contribution in [0, 0.1) is 0 Å². The van der Waals surface area contributed by atoms with Crippen LogP contribution in [-0.2, 0) is 4.74 Å². The van der Waals surface area contributed by atoms with Crippen molar-refractivity contribution < 1.29 is 4.74 Å². The lowest BCUT2D eigenvalue weighted by Crippen LogP contribution is -2.19. The Morgan fingerprint density at radius 2 is 2.31 bits per heavy atom. The van der Waals surface area contributed by atoms with Crippen molar-refractivity contribution in [2.75, 3.05) is 25.6 Å². The van der Waals surface area contributed by atoms with Crippen LogP contribution in [0.15, 0.2) is 12.4 Å². The van der Waals surface area contributed by atoms with E-state index in [9.17, 15) is 0 Å². The SMILES string of the molecule is CNc1cnn(C2CCOCC2)c1. The van der Waals surface area contributed by atoms with E-state index >= 15 is 0 Å². The summed E-state index contributed by atoms with van der Waals surface area (Å²) in [5.41, 5.74) is 1.08. The van der Waals surface area contributed by atoms with Gasteiger partial charge in [0.1, 0.15) is 0 Å². The summed E-state index contributed by atoms with van der Waals surface area (Å²) in [6, 6.07) is 0.524. The monoisotopic (exact) mass is 181 g/mol. The lowest BCUT2D eigenvalue weighted by Gasteiger charge is -2.22. The van der Waals surface area contributed by atoms with Crippen molar-refractivity contribution in [1.29, 1.82) is 0 Å². The second kappa shape index (κ2) is 3.79. The van der Waals surface area contributed by atoms with Crippen molar-refractivity contribution in [3.8, 4) is 0 Å². The van der Waals surface area contributed by atoms with Crippen molar-refractivity contribution in [1.82, 2.24) is 9.78 Å². The van der Waals surface area contributed by atoms with E-state index in [2.05, 4.69) is 16.6 Å². The second-order valence-electron chi connectivity index (χ2n) is 3.30. The van der Waals surface area contributed by atoms with Crippen LogP contribution in [0.25, 0.3) is 0 Å². The second-order valence-corrected chi connectivity index (χ2v) is 3.30. The molecule has 1 aromatic rings. The highest BCUT2D eigenvalue weighted by Crippen LogP contribution is 2.20. The summed E-state index contributed by atoms with van der Waals surface area (Å²) in [4.78, 5) is 0. The maximum Gasteiger partial charge on any atom is 0.0724 e. The van der Waals surface area contributed by atoms with Gasteiger partial charge in [-0.25, -0.2) is 0 Å². The first-order valence-corrected chi connectivity index (χ1v) is 4.70. The van der Waals surface area contributed by atoms with Crippen LogP contribution in [0.4, 0.5) is 5.69 Å². The fraction of sp³-hybridized carbons (Fsp3) is 0.667. The van der Waals surface area contributed by atoms with E-state index in [1.165, 1.54) is 0 Å². The Balaban J connectivity index is 2.05. The van der Waals surface area contributed by atoms with E-state index in [0.29, 0.717) is 6.04 Å². The van der Waals surface area contributed by atoms with Gasteiger partial charge in [0, 0.05) is 26.5 Å². The molecule has 1 fully saturated rings. The first kappa shape index (κ1) is 8.56. The number of rotatable bonds is 2. The molecular weight excluding hydrogens is 166 g/mol. The molecule has 0 atom stereocenters.